The fourth-order valence-corrected chi connectivity index (χ4v) is 7.38. The highest BCUT2D eigenvalue weighted by Gasteiger charge is 2.21. The van der Waals surface area contributed by atoms with Crippen LogP contribution in [-0.2, 0) is 0 Å². The molecule has 3 aromatic heterocycles. The molecule has 8 aromatic carbocycles. The molecule has 3 heterocycles. The maximum atomic E-state index is 9.87. The van der Waals surface area contributed by atoms with Crippen LogP contribution < -0.4 is 0 Å². The van der Waals surface area contributed by atoms with E-state index in [0.29, 0.717) is 5.69 Å². The molecule has 0 fully saturated rings. The first kappa shape index (κ1) is 16.5. The molecular weight excluding hydrogens is 631 g/mol. The molecule has 244 valence electrons. The predicted octanol–water partition coefficient (Wildman–Crippen LogP) is 13.0. The Balaban J connectivity index is 1.35. The van der Waals surface area contributed by atoms with Gasteiger partial charge in [-0.15, -0.1) is 0 Å². The van der Waals surface area contributed by atoms with Gasteiger partial charge >= 0.3 is 0 Å². The number of hydrogen-bond donors (Lipinski definition) is 0. The molecule has 0 aliphatic carbocycles. The van der Waals surface area contributed by atoms with E-state index in [0.717, 1.165) is 32.1 Å². The van der Waals surface area contributed by atoms with Gasteiger partial charge in [0, 0.05) is 49.4 Å². The summed E-state index contributed by atoms with van der Waals surface area (Å²) in [6.07, 6.45) is 0. The van der Waals surface area contributed by atoms with E-state index >= 15 is 0 Å². The zero-order valence-corrected chi connectivity index (χ0v) is 27.3. The number of benzene rings is 8. The second-order valence-electron chi connectivity index (χ2n) is 12.4. The average molecular weight is 682 g/mol. The Morgan fingerprint density at radius 2 is 1.00 bits per heavy atom. The van der Waals surface area contributed by atoms with E-state index in [1.807, 2.05) is 66.7 Å². The standard InChI is InChI=1S/C49H33N3/c1-32-12-11-13-34(30-32)33-22-24-36(25-23-33)51-43-20-9-6-17-39(43)48-46(51)28-29-47-49(48)40-18-7-10-21-44(40)52(47)37-26-27-45-41(31-37)38-16-5-8-19-42(38)50(45)35-14-3-2-4-15-35/h2-31H,1H3/i6D,7D,9D,10D,11D,12D,13D,17D,18D,20D,21D,22D,23D,24D,25D,28D,29D,30D. The van der Waals surface area contributed by atoms with Gasteiger partial charge in [-0.2, -0.15) is 0 Å². The first-order valence-electron chi connectivity index (χ1n) is 25.5. The van der Waals surface area contributed by atoms with Crippen molar-refractivity contribution in [2.75, 3.05) is 0 Å². The van der Waals surface area contributed by atoms with Crippen LogP contribution in [0.5, 0.6) is 0 Å². The van der Waals surface area contributed by atoms with E-state index in [2.05, 4.69) is 4.57 Å². The molecule has 11 aromatic rings. The fraction of sp³-hybridized carbons (Fsp3) is 0.0204. The summed E-state index contributed by atoms with van der Waals surface area (Å²) in [7, 11) is 0. The van der Waals surface area contributed by atoms with E-state index in [1.165, 1.54) is 11.5 Å². The number of rotatable bonds is 4. The summed E-state index contributed by atoms with van der Waals surface area (Å²) in [5.41, 5.74) is 0.196. The van der Waals surface area contributed by atoms with Crippen LogP contribution in [0.2, 0.25) is 0 Å². The molecule has 11 rings (SSSR count). The lowest BCUT2D eigenvalue weighted by molar-refractivity contribution is 1.16. The highest BCUT2D eigenvalue weighted by Crippen LogP contribution is 2.43. The Labute approximate surface area is 326 Å². The molecule has 0 amide bonds. The quantitative estimate of drug-likeness (QED) is 0.176. The van der Waals surface area contributed by atoms with E-state index < -0.39 is 131 Å². The zero-order chi connectivity index (χ0) is 50.0. The molecule has 3 nitrogen and oxygen atoms in total. The van der Waals surface area contributed by atoms with Crippen LogP contribution in [-0.4, -0.2) is 13.7 Å². The molecule has 0 bridgehead atoms. The Morgan fingerprint density at radius 3 is 1.73 bits per heavy atom. The number of fused-ring (bicyclic) bond motifs is 10. The molecule has 0 unspecified atom stereocenters. The van der Waals surface area contributed by atoms with Gasteiger partial charge in [-0.05, 0) is 90.7 Å². The molecule has 0 atom stereocenters. The molecule has 0 aliphatic rings. The molecule has 0 spiro atoms. The summed E-state index contributed by atoms with van der Waals surface area (Å²) >= 11 is 0. The van der Waals surface area contributed by atoms with E-state index in [9.17, 15) is 13.7 Å². The summed E-state index contributed by atoms with van der Waals surface area (Å²) in [6, 6.07) is 10.9. The van der Waals surface area contributed by atoms with Crippen molar-refractivity contribution in [2.45, 2.75) is 6.92 Å². The third-order valence-electron chi connectivity index (χ3n) is 9.52. The Kier molecular flexibility index (Phi) is 3.51. The molecule has 0 N–H and O–H groups in total. The SMILES string of the molecule is [2H]c1c([2H])c(C)c([2H])c(-c2c([2H])c([2H])c(-n3c4c([2H])c([2H])c([2H])c([2H])c4c4c5c6c([2H])c([2H])c([2H])c([2H])c6n(-c6ccc7c(c6)c6ccccc6n7-c6ccccc6)c5c([2H])c([2H])c43)c([2H])c2[2H])c1[2H]. The first-order chi connectivity index (χ1) is 33.2. The van der Waals surface area contributed by atoms with Gasteiger partial charge in [0.2, 0.25) is 0 Å². The smallest absolute Gasteiger partial charge is 0.0646 e. The second kappa shape index (κ2) is 11.1. The lowest BCUT2D eigenvalue weighted by Gasteiger charge is -2.11. The van der Waals surface area contributed by atoms with Crippen LogP contribution >= 0.6 is 0 Å². The predicted molar refractivity (Wildman–Crippen MR) is 220 cm³/mol. The molecule has 0 saturated carbocycles. The third kappa shape index (κ3) is 4.14. The fourth-order valence-electron chi connectivity index (χ4n) is 7.38. The Morgan fingerprint density at radius 1 is 0.385 bits per heavy atom. The van der Waals surface area contributed by atoms with Gasteiger partial charge in [0.1, 0.15) is 0 Å². The van der Waals surface area contributed by atoms with Crippen LogP contribution in [0.1, 0.15) is 30.2 Å². The van der Waals surface area contributed by atoms with Crippen LogP contribution in [0.15, 0.2) is 182 Å². The molecule has 52 heavy (non-hydrogen) atoms. The van der Waals surface area contributed by atoms with Crippen molar-refractivity contribution in [3.05, 3.63) is 187 Å². The third-order valence-corrected chi connectivity index (χ3v) is 9.52. The minimum atomic E-state index is -0.835. The summed E-state index contributed by atoms with van der Waals surface area (Å²) < 4.78 is 169. The van der Waals surface area contributed by atoms with Gasteiger partial charge in [0.15, 0.2) is 0 Å². The highest BCUT2D eigenvalue weighted by molar-refractivity contribution is 6.29. The van der Waals surface area contributed by atoms with Crippen LogP contribution in [0, 0.1) is 6.92 Å². The second-order valence-corrected chi connectivity index (χ2v) is 12.4. The summed E-state index contributed by atoms with van der Waals surface area (Å²) in [5, 5.41) is 0.846. The van der Waals surface area contributed by atoms with Crippen molar-refractivity contribution in [3.8, 4) is 28.2 Å². The summed E-state index contributed by atoms with van der Waals surface area (Å²) in [5.74, 6) is 0. The normalized spacial score (nSPS) is 16.8. The van der Waals surface area contributed by atoms with Crippen molar-refractivity contribution in [1.29, 1.82) is 0 Å². The number of hydrogen-bond acceptors (Lipinski definition) is 0. The van der Waals surface area contributed by atoms with Crippen molar-refractivity contribution < 1.29 is 24.7 Å². The summed E-state index contributed by atoms with van der Waals surface area (Å²) in [6.45, 7) is 1.36. The van der Waals surface area contributed by atoms with Crippen LogP contribution in [0.3, 0.4) is 0 Å². The molecule has 3 heteroatoms. The lowest BCUT2D eigenvalue weighted by atomic mass is 10.0. The number of aromatic nitrogens is 3. The van der Waals surface area contributed by atoms with Gasteiger partial charge < -0.3 is 13.7 Å². The van der Waals surface area contributed by atoms with Gasteiger partial charge in [-0.1, -0.05) is 114 Å². The van der Waals surface area contributed by atoms with Gasteiger partial charge in [-0.25, -0.2) is 0 Å². The molecule has 0 radical (unpaired) electrons. The van der Waals surface area contributed by atoms with Crippen LogP contribution in [0.4, 0.5) is 0 Å². The monoisotopic (exact) mass is 681 g/mol. The maximum Gasteiger partial charge on any atom is 0.0646 e. The summed E-state index contributed by atoms with van der Waals surface area (Å²) in [4.78, 5) is 0. The van der Waals surface area contributed by atoms with Crippen molar-refractivity contribution in [2.24, 2.45) is 0 Å². The minimum absolute atomic E-state index is 0.0443. The molecular formula is C49H33N3. The van der Waals surface area contributed by atoms with Crippen LogP contribution in [0.25, 0.3) is 93.6 Å². The first-order valence-corrected chi connectivity index (χ1v) is 16.5. The van der Waals surface area contributed by atoms with Crippen molar-refractivity contribution in [1.82, 2.24) is 13.7 Å². The minimum Gasteiger partial charge on any atom is -0.309 e. The maximum absolute atomic E-state index is 9.87. The molecule has 0 saturated heterocycles. The number of nitrogens with zero attached hydrogens (tertiary/aromatic N) is 3. The zero-order valence-electron chi connectivity index (χ0n) is 45.3. The van der Waals surface area contributed by atoms with E-state index in [4.69, 9.17) is 11.0 Å². The Bertz CT molecular complexity index is 4170. The topological polar surface area (TPSA) is 14.8 Å². The molecule has 0 aliphatic heterocycles. The Hall–Kier alpha value is -6.84. The van der Waals surface area contributed by atoms with E-state index in [1.54, 1.807) is 6.07 Å². The van der Waals surface area contributed by atoms with Crippen molar-refractivity contribution >= 4 is 65.4 Å². The number of para-hydroxylation sites is 4. The average Bonchev–Trinajstić information content (AvgIpc) is 4.01. The van der Waals surface area contributed by atoms with Crippen molar-refractivity contribution in [3.63, 3.8) is 0 Å². The largest absolute Gasteiger partial charge is 0.309 e. The van der Waals surface area contributed by atoms with Gasteiger partial charge in [-0.3, -0.25) is 0 Å². The van der Waals surface area contributed by atoms with E-state index in [-0.39, 0.29) is 43.7 Å². The van der Waals surface area contributed by atoms with Gasteiger partial charge in [0.25, 0.3) is 0 Å². The lowest BCUT2D eigenvalue weighted by Crippen LogP contribution is -1.96. The highest BCUT2D eigenvalue weighted by atomic mass is 15.0. The van der Waals surface area contributed by atoms with Gasteiger partial charge in [0.05, 0.1) is 57.8 Å².